The second kappa shape index (κ2) is 10.5. The predicted molar refractivity (Wildman–Crippen MR) is 142 cm³/mol. The monoisotopic (exact) mass is 635 g/mol. The molecule has 2 aromatic carbocycles. The molecule has 1 saturated carbocycles. The minimum absolute atomic E-state index is 0.0651. The van der Waals surface area contributed by atoms with Gasteiger partial charge in [-0.15, -0.1) is 0 Å². The molecule has 0 aromatic heterocycles. The number of benzene rings is 2. The molecule has 1 heterocycles. The standard InChI is InChI=1S/C30H32F7NO4S/c1-2-19-6-10-22(11-7-19)43(41,42)27-16-17-38(25(39)26(40)14-4-3-5-15-26)24(27)13-8-20-18-21(9-12-23(20)27)28(31,29(32,33)34)30(35,36)37/h6-7,9-12,18,24,40H,2-5,8,13-17H2,1H3. The highest BCUT2D eigenvalue weighted by atomic mass is 32.2. The number of hydrogen-bond acceptors (Lipinski definition) is 4. The van der Waals surface area contributed by atoms with Crippen LogP contribution in [0.4, 0.5) is 30.7 Å². The Morgan fingerprint density at radius 1 is 0.930 bits per heavy atom. The van der Waals surface area contributed by atoms with Gasteiger partial charge in [-0.25, -0.2) is 12.8 Å². The molecule has 2 atom stereocenters. The van der Waals surface area contributed by atoms with E-state index in [1.165, 1.54) is 17.0 Å². The van der Waals surface area contributed by atoms with Gasteiger partial charge in [0.15, 0.2) is 9.84 Å². The molecule has 0 radical (unpaired) electrons. The first-order valence-electron chi connectivity index (χ1n) is 14.3. The molecule has 3 aliphatic rings. The van der Waals surface area contributed by atoms with E-state index in [0.717, 1.165) is 18.1 Å². The second-order valence-corrected chi connectivity index (χ2v) is 14.0. The molecular formula is C30H32F7NO4S. The van der Waals surface area contributed by atoms with Crippen LogP contribution in [0.15, 0.2) is 47.4 Å². The Bertz CT molecular complexity index is 1480. The number of fused-ring (bicyclic) bond motifs is 3. The highest BCUT2D eigenvalue weighted by Gasteiger charge is 2.74. The Morgan fingerprint density at radius 2 is 1.53 bits per heavy atom. The molecule has 1 saturated heterocycles. The predicted octanol–water partition coefficient (Wildman–Crippen LogP) is 6.45. The van der Waals surface area contributed by atoms with E-state index in [1.807, 2.05) is 6.92 Å². The Labute approximate surface area is 245 Å². The van der Waals surface area contributed by atoms with E-state index in [9.17, 15) is 44.7 Å². The summed E-state index contributed by atoms with van der Waals surface area (Å²) in [6.45, 7) is 1.77. The number of aryl methyl sites for hydroxylation is 2. The zero-order valence-corrected chi connectivity index (χ0v) is 24.2. The quantitative estimate of drug-likeness (QED) is 0.384. The fraction of sp³-hybridized carbons (Fsp3) is 0.567. The van der Waals surface area contributed by atoms with Crippen LogP contribution in [0.2, 0.25) is 0 Å². The Balaban J connectivity index is 1.69. The molecule has 2 aliphatic carbocycles. The van der Waals surface area contributed by atoms with E-state index in [4.69, 9.17) is 0 Å². The highest BCUT2D eigenvalue weighted by molar-refractivity contribution is 7.92. The number of carbonyl (C=O) groups excluding carboxylic acids is 1. The van der Waals surface area contributed by atoms with Gasteiger partial charge in [0.05, 0.1) is 10.9 Å². The van der Waals surface area contributed by atoms with Crippen molar-refractivity contribution in [3.63, 3.8) is 0 Å². The van der Waals surface area contributed by atoms with Crippen LogP contribution in [0, 0.1) is 0 Å². The molecule has 43 heavy (non-hydrogen) atoms. The van der Waals surface area contributed by atoms with Gasteiger partial charge in [-0.3, -0.25) is 4.79 Å². The zero-order valence-electron chi connectivity index (χ0n) is 23.4. The van der Waals surface area contributed by atoms with Crippen molar-refractivity contribution in [2.45, 2.75) is 104 Å². The summed E-state index contributed by atoms with van der Waals surface area (Å²) in [6.07, 6.45) is -10.1. The number of likely N-dealkylation sites (tertiary alicyclic amines) is 1. The molecule has 0 spiro atoms. The van der Waals surface area contributed by atoms with E-state index < -0.39 is 55.7 Å². The van der Waals surface area contributed by atoms with Crippen LogP contribution >= 0.6 is 0 Å². The lowest BCUT2D eigenvalue weighted by atomic mass is 9.76. The van der Waals surface area contributed by atoms with Crippen LogP contribution < -0.4 is 0 Å². The number of halogens is 7. The van der Waals surface area contributed by atoms with Gasteiger partial charge in [-0.05, 0) is 67.3 Å². The average Bonchev–Trinajstić information content (AvgIpc) is 3.37. The van der Waals surface area contributed by atoms with Crippen molar-refractivity contribution in [1.29, 1.82) is 0 Å². The van der Waals surface area contributed by atoms with Crippen LogP contribution in [0.1, 0.15) is 74.1 Å². The molecular weight excluding hydrogens is 603 g/mol. The summed E-state index contributed by atoms with van der Waals surface area (Å²) >= 11 is 0. The number of amides is 1. The molecule has 1 amide bonds. The van der Waals surface area contributed by atoms with Crippen molar-refractivity contribution in [3.05, 3.63) is 64.7 Å². The van der Waals surface area contributed by atoms with Crippen molar-refractivity contribution in [1.82, 2.24) is 4.90 Å². The van der Waals surface area contributed by atoms with Crippen LogP contribution in [0.3, 0.4) is 0 Å². The van der Waals surface area contributed by atoms with Crippen molar-refractivity contribution in [2.75, 3.05) is 6.54 Å². The molecule has 13 heteroatoms. The Morgan fingerprint density at radius 3 is 2.09 bits per heavy atom. The summed E-state index contributed by atoms with van der Waals surface area (Å²) in [5, 5.41) is 11.2. The van der Waals surface area contributed by atoms with E-state index in [1.54, 1.807) is 12.1 Å². The van der Waals surface area contributed by atoms with Crippen LogP contribution in [-0.2, 0) is 37.9 Å². The Hall–Kier alpha value is -2.67. The van der Waals surface area contributed by atoms with Gasteiger partial charge < -0.3 is 10.0 Å². The molecule has 5 nitrogen and oxygen atoms in total. The number of sulfone groups is 1. The summed E-state index contributed by atoms with van der Waals surface area (Å²) in [6, 6.07) is 6.59. The molecule has 2 aromatic rings. The van der Waals surface area contributed by atoms with Crippen molar-refractivity contribution < 1.29 is 49.1 Å². The molecule has 2 unspecified atom stereocenters. The number of rotatable bonds is 5. The van der Waals surface area contributed by atoms with Crippen LogP contribution in [-0.4, -0.2) is 54.9 Å². The van der Waals surface area contributed by atoms with E-state index in [2.05, 4.69) is 0 Å². The first-order valence-corrected chi connectivity index (χ1v) is 15.8. The molecule has 1 aliphatic heterocycles. The van der Waals surface area contributed by atoms with Gasteiger partial charge in [0.1, 0.15) is 10.3 Å². The van der Waals surface area contributed by atoms with Gasteiger partial charge >= 0.3 is 18.0 Å². The zero-order chi connectivity index (χ0) is 31.6. The fourth-order valence-electron chi connectivity index (χ4n) is 7.21. The number of carbonyl (C=O) groups is 1. The number of alkyl halides is 7. The maximum atomic E-state index is 15.0. The lowest BCUT2D eigenvalue weighted by Crippen LogP contribution is -2.57. The van der Waals surface area contributed by atoms with E-state index in [-0.39, 0.29) is 54.7 Å². The van der Waals surface area contributed by atoms with Crippen molar-refractivity contribution >= 4 is 15.7 Å². The lowest BCUT2D eigenvalue weighted by Gasteiger charge is -2.44. The SMILES string of the molecule is CCc1ccc(S(=O)(=O)C23CCN(C(=O)C4(O)CCCCC4)C2CCc2cc(C(F)(C(F)(F)F)C(F)(F)F)ccc23)cc1. The van der Waals surface area contributed by atoms with E-state index in [0.29, 0.717) is 31.4 Å². The van der Waals surface area contributed by atoms with Crippen LogP contribution in [0.5, 0.6) is 0 Å². The van der Waals surface area contributed by atoms with E-state index >= 15 is 4.39 Å². The summed E-state index contributed by atoms with van der Waals surface area (Å²) in [5.41, 5.74) is -8.45. The third kappa shape index (κ3) is 4.67. The first kappa shape index (κ1) is 31.7. The Kier molecular flexibility index (Phi) is 7.72. The summed E-state index contributed by atoms with van der Waals surface area (Å²) in [5.74, 6) is -0.632. The van der Waals surface area contributed by atoms with Crippen LogP contribution in [0.25, 0.3) is 0 Å². The molecule has 5 rings (SSSR count). The van der Waals surface area contributed by atoms with Gasteiger partial charge in [0, 0.05) is 12.1 Å². The molecule has 1 N–H and O–H groups in total. The molecule has 236 valence electrons. The van der Waals surface area contributed by atoms with Gasteiger partial charge in [-0.1, -0.05) is 56.5 Å². The molecule has 2 fully saturated rings. The summed E-state index contributed by atoms with van der Waals surface area (Å²) < 4.78 is 124. The second-order valence-electron chi connectivity index (χ2n) is 11.8. The summed E-state index contributed by atoms with van der Waals surface area (Å²) in [7, 11) is -4.43. The number of aliphatic hydroxyl groups is 1. The first-order chi connectivity index (χ1) is 19.9. The van der Waals surface area contributed by atoms with Gasteiger partial charge in [0.2, 0.25) is 0 Å². The average molecular weight is 636 g/mol. The molecule has 0 bridgehead atoms. The third-order valence-electron chi connectivity index (χ3n) is 9.53. The number of hydrogen-bond donors (Lipinski definition) is 1. The highest BCUT2D eigenvalue weighted by Crippen LogP contribution is 2.57. The van der Waals surface area contributed by atoms with Crippen molar-refractivity contribution in [2.24, 2.45) is 0 Å². The maximum absolute atomic E-state index is 15.0. The fourth-order valence-corrected chi connectivity index (χ4v) is 9.57. The van der Waals surface area contributed by atoms with Gasteiger partial charge in [-0.2, -0.15) is 26.3 Å². The number of nitrogens with zero attached hydrogens (tertiary/aromatic N) is 1. The summed E-state index contributed by atoms with van der Waals surface area (Å²) in [4.78, 5) is 15.0. The van der Waals surface area contributed by atoms with Crippen molar-refractivity contribution in [3.8, 4) is 0 Å². The smallest absolute Gasteiger partial charge is 0.380 e. The lowest BCUT2D eigenvalue weighted by molar-refractivity contribution is -0.348. The normalized spacial score (nSPS) is 24.4. The largest absolute Gasteiger partial charge is 0.435 e. The third-order valence-corrected chi connectivity index (χ3v) is 12.1. The maximum Gasteiger partial charge on any atom is 0.435 e. The topological polar surface area (TPSA) is 74.7 Å². The minimum atomic E-state index is -6.33. The minimum Gasteiger partial charge on any atom is -0.380 e. The van der Waals surface area contributed by atoms with Gasteiger partial charge in [0.25, 0.3) is 5.91 Å².